The minimum Gasteiger partial charge on any atom is -0.466 e. The topological polar surface area (TPSA) is 38.3 Å². The van der Waals surface area contributed by atoms with E-state index >= 15 is 0 Å². The molecule has 0 aliphatic carbocycles. The van der Waals surface area contributed by atoms with Crippen molar-refractivity contribution < 1.29 is 9.53 Å². The molecule has 1 aromatic rings. The van der Waals surface area contributed by atoms with Gasteiger partial charge in [0.05, 0.1) is 12.5 Å². The Morgan fingerprint density at radius 2 is 2.24 bits per heavy atom. The van der Waals surface area contributed by atoms with E-state index in [4.69, 9.17) is 4.74 Å². The fourth-order valence-corrected chi connectivity index (χ4v) is 1.82. The average molecular weight is 300 g/mol. The molecule has 94 valence electrons. The van der Waals surface area contributed by atoms with Crippen LogP contribution in [0.1, 0.15) is 19.4 Å². The van der Waals surface area contributed by atoms with Crippen molar-refractivity contribution in [2.24, 2.45) is 5.92 Å². The Morgan fingerprint density at radius 3 is 2.88 bits per heavy atom. The average Bonchev–Trinajstić information content (AvgIpc) is 2.31. The van der Waals surface area contributed by atoms with E-state index in [1.807, 2.05) is 39.0 Å². The zero-order valence-corrected chi connectivity index (χ0v) is 12.0. The molecule has 17 heavy (non-hydrogen) atoms. The number of halogens is 1. The molecule has 0 fully saturated rings. The van der Waals surface area contributed by atoms with Crippen molar-refractivity contribution in [3.63, 3.8) is 0 Å². The van der Waals surface area contributed by atoms with Crippen LogP contribution in [0.5, 0.6) is 0 Å². The predicted octanol–water partition coefficient (Wildman–Crippen LogP) is 3.37. The zero-order chi connectivity index (χ0) is 12.8. The highest BCUT2D eigenvalue weighted by atomic mass is 79.9. The molecule has 1 N–H and O–H groups in total. The van der Waals surface area contributed by atoms with Crippen molar-refractivity contribution >= 4 is 27.6 Å². The molecule has 0 spiro atoms. The highest BCUT2D eigenvalue weighted by molar-refractivity contribution is 9.10. The van der Waals surface area contributed by atoms with E-state index < -0.39 is 0 Å². The number of esters is 1. The number of carbonyl (C=O) groups excluding carboxylic acids is 1. The second kappa shape index (κ2) is 6.64. The molecule has 0 saturated heterocycles. The molecule has 0 aliphatic rings. The van der Waals surface area contributed by atoms with E-state index in [0.717, 1.165) is 10.2 Å². The van der Waals surface area contributed by atoms with Crippen LogP contribution >= 0.6 is 15.9 Å². The molecular formula is C13H18BrNO2. The van der Waals surface area contributed by atoms with Crippen LogP contribution in [0.15, 0.2) is 22.7 Å². The monoisotopic (exact) mass is 299 g/mol. The molecule has 0 amide bonds. The van der Waals surface area contributed by atoms with Gasteiger partial charge in [0, 0.05) is 16.7 Å². The molecule has 1 atom stereocenters. The molecule has 1 aromatic carbocycles. The lowest BCUT2D eigenvalue weighted by Gasteiger charge is -2.14. The first-order valence-corrected chi connectivity index (χ1v) is 6.51. The van der Waals surface area contributed by atoms with Crippen LogP contribution in [0.4, 0.5) is 5.69 Å². The summed E-state index contributed by atoms with van der Waals surface area (Å²) in [6, 6.07) is 6.00. The third-order valence-corrected chi connectivity index (χ3v) is 3.53. The second-order valence-electron chi connectivity index (χ2n) is 3.97. The lowest BCUT2D eigenvalue weighted by molar-refractivity contribution is -0.146. The van der Waals surface area contributed by atoms with Crippen LogP contribution in [0.3, 0.4) is 0 Å². The number of carbonyl (C=O) groups is 1. The van der Waals surface area contributed by atoms with Crippen LogP contribution in [0.2, 0.25) is 0 Å². The van der Waals surface area contributed by atoms with Crippen molar-refractivity contribution in [1.82, 2.24) is 0 Å². The van der Waals surface area contributed by atoms with Gasteiger partial charge in [-0.1, -0.05) is 19.1 Å². The number of benzene rings is 1. The standard InChI is InChI=1S/C13H18BrNO2/c1-4-17-13(16)10(3)8-15-11-7-5-6-9(2)12(11)14/h5-7,10,15H,4,8H2,1-3H3. The summed E-state index contributed by atoms with van der Waals surface area (Å²) in [6.45, 7) is 6.70. The van der Waals surface area contributed by atoms with Crippen LogP contribution in [-0.4, -0.2) is 19.1 Å². The number of aryl methyl sites for hydroxylation is 1. The summed E-state index contributed by atoms with van der Waals surface area (Å²) in [6.07, 6.45) is 0. The fourth-order valence-electron chi connectivity index (χ4n) is 1.41. The molecule has 0 aliphatic heterocycles. The van der Waals surface area contributed by atoms with Crippen LogP contribution in [0, 0.1) is 12.8 Å². The van der Waals surface area contributed by atoms with Gasteiger partial charge in [0.15, 0.2) is 0 Å². The minimum absolute atomic E-state index is 0.151. The molecule has 4 heteroatoms. The first-order valence-electron chi connectivity index (χ1n) is 5.71. The molecular weight excluding hydrogens is 282 g/mol. The second-order valence-corrected chi connectivity index (χ2v) is 4.76. The summed E-state index contributed by atoms with van der Waals surface area (Å²) in [5.74, 6) is -0.314. The Kier molecular flexibility index (Phi) is 5.48. The third kappa shape index (κ3) is 4.04. The molecule has 0 aromatic heterocycles. The van der Waals surface area contributed by atoms with Crippen molar-refractivity contribution in [2.45, 2.75) is 20.8 Å². The summed E-state index contributed by atoms with van der Waals surface area (Å²) in [4.78, 5) is 11.4. The molecule has 0 bridgehead atoms. The summed E-state index contributed by atoms with van der Waals surface area (Å²) < 4.78 is 5.99. The van der Waals surface area contributed by atoms with E-state index in [1.54, 1.807) is 0 Å². The smallest absolute Gasteiger partial charge is 0.310 e. The quantitative estimate of drug-likeness (QED) is 0.847. The first-order chi connectivity index (χ1) is 8.06. The number of ether oxygens (including phenoxy) is 1. The minimum atomic E-state index is -0.163. The van der Waals surface area contributed by atoms with Gasteiger partial charge in [0.1, 0.15) is 0 Å². The molecule has 1 rings (SSSR count). The molecule has 0 heterocycles. The SMILES string of the molecule is CCOC(=O)C(C)CNc1cccc(C)c1Br. The van der Waals surface area contributed by atoms with Crippen LogP contribution in [-0.2, 0) is 9.53 Å². The molecule has 1 unspecified atom stereocenters. The van der Waals surface area contributed by atoms with Crippen LogP contribution in [0.25, 0.3) is 0 Å². The van der Waals surface area contributed by atoms with Gasteiger partial charge < -0.3 is 10.1 Å². The number of anilines is 1. The van der Waals surface area contributed by atoms with Gasteiger partial charge in [-0.15, -0.1) is 0 Å². The van der Waals surface area contributed by atoms with Gasteiger partial charge >= 0.3 is 5.97 Å². The normalized spacial score (nSPS) is 12.0. The van der Waals surface area contributed by atoms with E-state index in [-0.39, 0.29) is 11.9 Å². The van der Waals surface area contributed by atoms with Gasteiger partial charge in [0.25, 0.3) is 0 Å². The molecule has 0 radical (unpaired) electrons. The summed E-state index contributed by atoms with van der Waals surface area (Å²) in [5, 5.41) is 3.25. The first kappa shape index (κ1) is 14.0. The summed E-state index contributed by atoms with van der Waals surface area (Å²) in [5.41, 5.74) is 2.17. The van der Waals surface area contributed by atoms with E-state index in [2.05, 4.69) is 21.2 Å². The maximum atomic E-state index is 11.4. The van der Waals surface area contributed by atoms with Gasteiger partial charge in [-0.3, -0.25) is 4.79 Å². The van der Waals surface area contributed by atoms with Gasteiger partial charge in [-0.25, -0.2) is 0 Å². The molecule has 0 saturated carbocycles. The number of hydrogen-bond donors (Lipinski definition) is 1. The Bertz CT molecular complexity index is 393. The fraction of sp³-hybridized carbons (Fsp3) is 0.462. The third-order valence-electron chi connectivity index (χ3n) is 2.48. The van der Waals surface area contributed by atoms with E-state index in [1.165, 1.54) is 5.56 Å². The molecule has 3 nitrogen and oxygen atoms in total. The summed E-state index contributed by atoms with van der Waals surface area (Å²) >= 11 is 3.52. The van der Waals surface area contributed by atoms with Gasteiger partial charge in [-0.2, -0.15) is 0 Å². The maximum Gasteiger partial charge on any atom is 0.310 e. The lowest BCUT2D eigenvalue weighted by atomic mass is 10.1. The highest BCUT2D eigenvalue weighted by Gasteiger charge is 2.14. The summed E-state index contributed by atoms with van der Waals surface area (Å²) in [7, 11) is 0. The maximum absolute atomic E-state index is 11.4. The van der Waals surface area contributed by atoms with Crippen molar-refractivity contribution in [3.05, 3.63) is 28.2 Å². The predicted molar refractivity (Wildman–Crippen MR) is 73.2 cm³/mol. The number of nitrogens with one attached hydrogen (secondary N) is 1. The van der Waals surface area contributed by atoms with Crippen molar-refractivity contribution in [1.29, 1.82) is 0 Å². The number of hydrogen-bond acceptors (Lipinski definition) is 3. The Hall–Kier alpha value is -1.03. The number of rotatable bonds is 5. The van der Waals surface area contributed by atoms with Gasteiger partial charge in [0.2, 0.25) is 0 Å². The van der Waals surface area contributed by atoms with Crippen molar-refractivity contribution in [2.75, 3.05) is 18.5 Å². The largest absolute Gasteiger partial charge is 0.466 e. The zero-order valence-electron chi connectivity index (χ0n) is 10.4. The Morgan fingerprint density at radius 1 is 1.53 bits per heavy atom. The Balaban J connectivity index is 2.56. The van der Waals surface area contributed by atoms with E-state index in [9.17, 15) is 4.79 Å². The van der Waals surface area contributed by atoms with Crippen LogP contribution < -0.4 is 5.32 Å². The Labute approximate surface area is 111 Å². The lowest BCUT2D eigenvalue weighted by Crippen LogP contribution is -2.22. The highest BCUT2D eigenvalue weighted by Crippen LogP contribution is 2.25. The van der Waals surface area contributed by atoms with Crippen molar-refractivity contribution in [3.8, 4) is 0 Å². The van der Waals surface area contributed by atoms with E-state index in [0.29, 0.717) is 13.2 Å². The van der Waals surface area contributed by atoms with Gasteiger partial charge in [-0.05, 0) is 41.4 Å².